The minimum Gasteiger partial charge on any atom is -0.350 e. The largest absolute Gasteiger partial charge is 0.350 e. The Morgan fingerprint density at radius 1 is 1.15 bits per heavy atom. The number of rotatable bonds is 7. The van der Waals surface area contributed by atoms with Crippen molar-refractivity contribution in [1.29, 1.82) is 0 Å². The molecule has 3 rings (SSSR count). The molecule has 1 heterocycles. The van der Waals surface area contributed by atoms with E-state index in [-0.39, 0.29) is 11.7 Å². The van der Waals surface area contributed by atoms with Gasteiger partial charge in [-0.15, -0.1) is 0 Å². The fraction of sp³-hybridized carbons (Fsp3) is 0.333. The maximum absolute atomic E-state index is 12.3. The molecule has 1 aromatic carbocycles. The second kappa shape index (κ2) is 9.07. The average molecular weight is 364 g/mol. The minimum atomic E-state index is -0.214. The average Bonchev–Trinajstić information content (AvgIpc) is 2.69. The third-order valence-electron chi connectivity index (χ3n) is 4.56. The first-order chi connectivity index (χ1) is 13.1. The zero-order valence-corrected chi connectivity index (χ0v) is 15.5. The zero-order chi connectivity index (χ0) is 19.1. The lowest BCUT2D eigenvalue weighted by Gasteiger charge is -2.13. The molecule has 1 aliphatic rings. The van der Waals surface area contributed by atoms with Gasteiger partial charge in [-0.3, -0.25) is 9.59 Å². The number of hydrogen-bond acceptors (Lipinski definition) is 5. The molecule has 27 heavy (non-hydrogen) atoms. The van der Waals surface area contributed by atoms with Crippen molar-refractivity contribution < 1.29 is 9.59 Å². The van der Waals surface area contributed by atoms with Crippen LogP contribution in [0.5, 0.6) is 0 Å². The smallest absolute Gasteiger partial charge is 0.270 e. The number of amides is 1. The van der Waals surface area contributed by atoms with Crippen molar-refractivity contribution in [2.45, 2.75) is 39.0 Å². The van der Waals surface area contributed by atoms with Gasteiger partial charge in [0.2, 0.25) is 0 Å². The molecule has 0 fully saturated rings. The van der Waals surface area contributed by atoms with E-state index >= 15 is 0 Å². The van der Waals surface area contributed by atoms with E-state index < -0.39 is 0 Å². The predicted molar refractivity (Wildman–Crippen MR) is 105 cm³/mol. The highest BCUT2D eigenvalue weighted by molar-refractivity contribution is 5.95. The molecular formula is C21H24N4O2. The lowest BCUT2D eigenvalue weighted by Crippen LogP contribution is -2.26. The van der Waals surface area contributed by atoms with Gasteiger partial charge < -0.3 is 10.6 Å². The molecule has 0 spiro atoms. The highest BCUT2D eigenvalue weighted by atomic mass is 16.1. The topological polar surface area (TPSA) is 84.0 Å². The number of carbonyl (C=O) groups is 2. The number of nitrogens with zero attached hydrogens (tertiary/aromatic N) is 2. The number of anilines is 2. The van der Waals surface area contributed by atoms with Crippen molar-refractivity contribution in [3.63, 3.8) is 0 Å². The van der Waals surface area contributed by atoms with E-state index in [2.05, 4.69) is 26.7 Å². The first-order valence-corrected chi connectivity index (χ1v) is 9.28. The molecule has 0 saturated heterocycles. The molecule has 0 bridgehead atoms. The van der Waals surface area contributed by atoms with Crippen LogP contribution in [0.3, 0.4) is 0 Å². The Balaban J connectivity index is 1.59. The normalized spacial score (nSPS) is 13.6. The van der Waals surface area contributed by atoms with Crippen molar-refractivity contribution in [2.24, 2.45) is 0 Å². The van der Waals surface area contributed by atoms with E-state index in [1.54, 1.807) is 24.3 Å². The summed E-state index contributed by atoms with van der Waals surface area (Å²) in [5, 5.41) is 6.03. The zero-order valence-electron chi connectivity index (χ0n) is 15.5. The third kappa shape index (κ3) is 5.48. The molecule has 140 valence electrons. The molecule has 2 N–H and O–H groups in total. The Kier molecular flexibility index (Phi) is 6.30. The minimum absolute atomic E-state index is 0.00511. The SMILES string of the molecule is CC(=O)c1cccc(Nc2cc(C(=O)NCCC3=CCCCC3)ncn2)c1. The Morgan fingerprint density at radius 3 is 2.81 bits per heavy atom. The summed E-state index contributed by atoms with van der Waals surface area (Å²) >= 11 is 0. The molecule has 0 radical (unpaired) electrons. The number of aromatic nitrogens is 2. The quantitative estimate of drug-likeness (QED) is 0.572. The summed E-state index contributed by atoms with van der Waals surface area (Å²) in [4.78, 5) is 32.0. The van der Waals surface area contributed by atoms with Crippen LogP contribution in [-0.4, -0.2) is 28.2 Å². The molecule has 0 unspecified atom stereocenters. The molecular weight excluding hydrogens is 340 g/mol. The molecule has 2 aromatic rings. The Hall–Kier alpha value is -3.02. The van der Waals surface area contributed by atoms with E-state index in [0.29, 0.717) is 23.6 Å². The maximum Gasteiger partial charge on any atom is 0.270 e. The van der Waals surface area contributed by atoms with Crippen molar-refractivity contribution in [3.8, 4) is 0 Å². The Bertz CT molecular complexity index is 861. The van der Waals surface area contributed by atoms with Crippen LogP contribution in [-0.2, 0) is 0 Å². The van der Waals surface area contributed by atoms with Crippen LogP contribution in [0.25, 0.3) is 0 Å². The monoisotopic (exact) mass is 364 g/mol. The van der Waals surface area contributed by atoms with Crippen LogP contribution in [0, 0.1) is 0 Å². The molecule has 1 aliphatic carbocycles. The lowest BCUT2D eigenvalue weighted by atomic mass is 9.97. The first-order valence-electron chi connectivity index (χ1n) is 9.28. The van der Waals surface area contributed by atoms with Gasteiger partial charge in [0.15, 0.2) is 5.78 Å². The van der Waals surface area contributed by atoms with E-state index in [1.807, 2.05) is 6.07 Å². The highest BCUT2D eigenvalue weighted by Gasteiger charge is 2.10. The van der Waals surface area contributed by atoms with Crippen molar-refractivity contribution >= 4 is 23.2 Å². The van der Waals surface area contributed by atoms with Gasteiger partial charge >= 0.3 is 0 Å². The standard InChI is InChI=1S/C21H24N4O2/c1-15(26)17-8-5-9-18(12-17)25-20-13-19(23-14-24-20)21(27)22-11-10-16-6-3-2-4-7-16/h5-6,8-9,12-14H,2-4,7,10-11H2,1H3,(H,22,27)(H,23,24,25). The van der Waals surface area contributed by atoms with Crippen molar-refractivity contribution in [2.75, 3.05) is 11.9 Å². The Morgan fingerprint density at radius 2 is 2.04 bits per heavy atom. The summed E-state index contributed by atoms with van der Waals surface area (Å²) in [6, 6.07) is 8.76. The second-order valence-corrected chi connectivity index (χ2v) is 6.66. The number of nitrogens with one attached hydrogen (secondary N) is 2. The molecule has 0 atom stereocenters. The first kappa shape index (κ1) is 18.8. The van der Waals surface area contributed by atoms with E-state index in [4.69, 9.17) is 0 Å². The lowest BCUT2D eigenvalue weighted by molar-refractivity contribution is 0.0948. The molecule has 1 aromatic heterocycles. The van der Waals surface area contributed by atoms with Gasteiger partial charge in [0.05, 0.1) is 0 Å². The number of allylic oxidation sites excluding steroid dienone is 1. The summed E-state index contributed by atoms with van der Waals surface area (Å²) < 4.78 is 0. The number of carbonyl (C=O) groups excluding carboxylic acids is 2. The number of benzene rings is 1. The highest BCUT2D eigenvalue weighted by Crippen LogP contribution is 2.19. The number of hydrogen-bond donors (Lipinski definition) is 2. The molecule has 1 amide bonds. The fourth-order valence-corrected chi connectivity index (χ4v) is 3.07. The molecule has 6 heteroatoms. The maximum atomic E-state index is 12.3. The van der Waals surface area contributed by atoms with Crippen LogP contribution in [0.15, 0.2) is 48.3 Å². The summed E-state index contributed by atoms with van der Waals surface area (Å²) in [7, 11) is 0. The summed E-state index contributed by atoms with van der Waals surface area (Å²) in [5.41, 5.74) is 3.09. The molecule has 0 aliphatic heterocycles. The van der Waals surface area contributed by atoms with Gasteiger partial charge in [0.1, 0.15) is 17.8 Å². The van der Waals surface area contributed by atoms with Crippen molar-refractivity contribution in [3.05, 3.63) is 59.6 Å². The fourth-order valence-electron chi connectivity index (χ4n) is 3.07. The Labute approximate surface area is 159 Å². The van der Waals surface area contributed by atoms with Crippen LogP contribution < -0.4 is 10.6 Å². The van der Waals surface area contributed by atoms with Gasteiger partial charge in [0, 0.05) is 23.9 Å². The number of ketones is 1. The van der Waals surface area contributed by atoms with Gasteiger partial charge in [-0.1, -0.05) is 23.8 Å². The second-order valence-electron chi connectivity index (χ2n) is 6.66. The van der Waals surface area contributed by atoms with Crippen molar-refractivity contribution in [1.82, 2.24) is 15.3 Å². The van der Waals surface area contributed by atoms with Gasteiger partial charge in [-0.2, -0.15) is 0 Å². The van der Waals surface area contributed by atoms with Crippen LogP contribution in [0.1, 0.15) is 59.9 Å². The van der Waals surface area contributed by atoms with Crippen LogP contribution in [0.2, 0.25) is 0 Å². The van der Waals surface area contributed by atoms with E-state index in [9.17, 15) is 9.59 Å². The van der Waals surface area contributed by atoms with Crippen LogP contribution in [0.4, 0.5) is 11.5 Å². The van der Waals surface area contributed by atoms with Gasteiger partial charge in [0.25, 0.3) is 5.91 Å². The van der Waals surface area contributed by atoms with E-state index in [0.717, 1.165) is 24.9 Å². The molecule has 0 saturated carbocycles. The number of Topliss-reactive ketones (excluding diaryl/α,β-unsaturated/α-hetero) is 1. The summed E-state index contributed by atoms with van der Waals surface area (Å²) in [6.07, 6.45) is 9.33. The summed E-state index contributed by atoms with van der Waals surface area (Å²) in [6.45, 7) is 2.13. The van der Waals surface area contributed by atoms with Gasteiger partial charge in [-0.05, 0) is 51.2 Å². The van der Waals surface area contributed by atoms with Crippen LogP contribution >= 0.6 is 0 Å². The van der Waals surface area contributed by atoms with E-state index in [1.165, 1.54) is 31.7 Å². The molecule has 6 nitrogen and oxygen atoms in total. The predicted octanol–water partition coefficient (Wildman–Crippen LogP) is 4.04. The third-order valence-corrected chi connectivity index (χ3v) is 4.56. The van der Waals surface area contributed by atoms with Gasteiger partial charge in [-0.25, -0.2) is 9.97 Å². The summed E-state index contributed by atoms with van der Waals surface area (Å²) in [5.74, 6) is 0.287.